The lowest BCUT2D eigenvalue weighted by atomic mass is 9.86. The van der Waals surface area contributed by atoms with Gasteiger partial charge in [0.25, 0.3) is 0 Å². The smallest absolute Gasteiger partial charge is 0.143 e. The Morgan fingerprint density at radius 3 is 2.03 bits per heavy atom. The second-order valence-electron chi connectivity index (χ2n) is 10.9. The van der Waals surface area contributed by atoms with Crippen LogP contribution in [0.1, 0.15) is 77.6 Å². The first-order chi connectivity index (χ1) is 13.4. The first kappa shape index (κ1) is 22.1. The van der Waals surface area contributed by atoms with Crippen molar-refractivity contribution in [2.75, 3.05) is 0 Å². The quantitative estimate of drug-likeness (QED) is 0.526. The molecule has 0 bridgehead atoms. The van der Waals surface area contributed by atoms with Crippen LogP contribution < -0.4 is 4.98 Å². The first-order valence-electron chi connectivity index (χ1n) is 11.0. The molecule has 2 aromatic rings. The minimum Gasteiger partial charge on any atom is -0.333 e. The Kier molecular flexibility index (Phi) is 6.00. The van der Waals surface area contributed by atoms with Crippen LogP contribution in [0, 0.1) is 5.92 Å². The maximum atomic E-state index is 3.93. The molecular weight excluding hydrogens is 366 g/mol. The maximum Gasteiger partial charge on any atom is 0.143 e. The first-order valence-corrected chi connectivity index (χ1v) is 13.0. The number of allylic oxidation sites excluding steroid dienone is 1. The Labute approximate surface area is 180 Å². The molecule has 1 nitrogen and oxygen atoms in total. The van der Waals surface area contributed by atoms with E-state index >= 15 is 0 Å². The van der Waals surface area contributed by atoms with E-state index in [9.17, 15) is 0 Å². The van der Waals surface area contributed by atoms with Gasteiger partial charge in [0.2, 0.25) is 0 Å². The highest BCUT2D eigenvalue weighted by Gasteiger charge is 2.35. The third kappa shape index (κ3) is 4.75. The molecule has 0 aromatic heterocycles. The number of benzene rings is 2. The van der Waals surface area contributed by atoms with Crippen LogP contribution in [0.4, 0.5) is 0 Å². The summed E-state index contributed by atoms with van der Waals surface area (Å²) in [6.45, 7) is 20.8. The predicted molar refractivity (Wildman–Crippen MR) is 131 cm³/mol. The Morgan fingerprint density at radius 2 is 1.52 bits per heavy atom. The molecule has 0 fully saturated rings. The standard InChI is InChI=1S/C27H38NSi/c1-18(2)23-17-24-21(19-13-15-20(16-14-19)26(3,4)5)11-10-12-22(24)25(23)29(9)28-27(6,7)8/h10-18,25,28H,1-9H3. The summed E-state index contributed by atoms with van der Waals surface area (Å²) >= 11 is 0. The van der Waals surface area contributed by atoms with Gasteiger partial charge in [-0.25, -0.2) is 0 Å². The van der Waals surface area contributed by atoms with Crippen LogP contribution in [-0.2, 0) is 5.41 Å². The van der Waals surface area contributed by atoms with Crippen molar-refractivity contribution in [1.82, 2.24) is 4.98 Å². The van der Waals surface area contributed by atoms with Crippen molar-refractivity contribution >= 4 is 15.0 Å². The van der Waals surface area contributed by atoms with Crippen molar-refractivity contribution in [2.45, 2.75) is 78.4 Å². The summed E-state index contributed by atoms with van der Waals surface area (Å²) in [5, 5.41) is 0. The van der Waals surface area contributed by atoms with Crippen molar-refractivity contribution in [3.63, 3.8) is 0 Å². The number of hydrogen-bond donors (Lipinski definition) is 1. The van der Waals surface area contributed by atoms with E-state index in [-0.39, 0.29) is 11.0 Å². The van der Waals surface area contributed by atoms with Gasteiger partial charge in [0.05, 0.1) is 0 Å². The van der Waals surface area contributed by atoms with Crippen molar-refractivity contribution in [3.8, 4) is 11.1 Å². The molecule has 1 atom stereocenters. The molecule has 2 aromatic carbocycles. The van der Waals surface area contributed by atoms with E-state index in [0.29, 0.717) is 11.5 Å². The lowest BCUT2D eigenvalue weighted by Crippen LogP contribution is -2.48. The molecule has 1 aliphatic rings. The van der Waals surface area contributed by atoms with E-state index in [4.69, 9.17) is 0 Å². The highest BCUT2D eigenvalue weighted by atomic mass is 28.3. The fourth-order valence-electron chi connectivity index (χ4n) is 4.47. The highest BCUT2D eigenvalue weighted by Crippen LogP contribution is 2.45. The molecule has 1 unspecified atom stereocenters. The molecule has 1 radical (unpaired) electrons. The fourth-order valence-corrected chi connectivity index (χ4v) is 7.44. The molecule has 1 N–H and O–H groups in total. The van der Waals surface area contributed by atoms with Gasteiger partial charge in [0.15, 0.2) is 0 Å². The van der Waals surface area contributed by atoms with Crippen LogP contribution in [0.5, 0.6) is 0 Å². The van der Waals surface area contributed by atoms with Crippen LogP contribution in [-0.4, -0.2) is 14.5 Å². The molecule has 0 amide bonds. The topological polar surface area (TPSA) is 12.0 Å². The molecule has 1 aliphatic carbocycles. The number of hydrogen-bond acceptors (Lipinski definition) is 1. The molecule has 2 heteroatoms. The van der Waals surface area contributed by atoms with Gasteiger partial charge in [-0.1, -0.05) is 95.3 Å². The normalized spacial score (nSPS) is 17.1. The molecule has 0 spiro atoms. The third-order valence-electron chi connectivity index (χ3n) is 5.83. The van der Waals surface area contributed by atoms with Gasteiger partial charge < -0.3 is 4.98 Å². The minimum absolute atomic E-state index is 0.147. The average Bonchev–Trinajstić information content (AvgIpc) is 2.99. The highest BCUT2D eigenvalue weighted by molar-refractivity contribution is 6.58. The monoisotopic (exact) mass is 404 g/mol. The van der Waals surface area contributed by atoms with Crippen molar-refractivity contribution in [3.05, 3.63) is 64.7 Å². The SMILES string of the molecule is CC(C)C1=Cc2c(-c3ccc(C(C)(C)C)cc3)cccc2C1[Si](C)NC(C)(C)C. The zero-order valence-corrected chi connectivity index (χ0v) is 20.8. The van der Waals surface area contributed by atoms with Crippen molar-refractivity contribution in [2.24, 2.45) is 5.92 Å². The lowest BCUT2D eigenvalue weighted by molar-refractivity contribution is 0.514. The fraction of sp³-hybridized carbons (Fsp3) is 0.481. The Bertz CT molecular complexity index is 892. The largest absolute Gasteiger partial charge is 0.333 e. The lowest BCUT2D eigenvalue weighted by Gasteiger charge is -2.31. The zero-order valence-electron chi connectivity index (χ0n) is 19.8. The van der Waals surface area contributed by atoms with E-state index in [1.54, 1.807) is 5.57 Å². The molecule has 29 heavy (non-hydrogen) atoms. The van der Waals surface area contributed by atoms with Crippen molar-refractivity contribution < 1.29 is 0 Å². The van der Waals surface area contributed by atoms with Crippen LogP contribution >= 0.6 is 0 Å². The Morgan fingerprint density at radius 1 is 0.897 bits per heavy atom. The average molecular weight is 405 g/mol. The second kappa shape index (κ2) is 7.89. The Hall–Kier alpha value is -1.64. The number of fused-ring (bicyclic) bond motifs is 1. The van der Waals surface area contributed by atoms with Crippen LogP contribution in [0.3, 0.4) is 0 Å². The summed E-state index contributed by atoms with van der Waals surface area (Å²) in [5.74, 6) is 0.560. The van der Waals surface area contributed by atoms with Crippen molar-refractivity contribution in [1.29, 1.82) is 0 Å². The van der Waals surface area contributed by atoms with E-state index in [1.807, 2.05) is 0 Å². The van der Waals surface area contributed by atoms with Gasteiger partial charge in [-0.15, -0.1) is 0 Å². The van der Waals surface area contributed by atoms with Gasteiger partial charge in [-0.05, 0) is 59.9 Å². The molecule has 3 rings (SSSR count). The van der Waals surface area contributed by atoms with Gasteiger partial charge in [0, 0.05) is 11.1 Å². The third-order valence-corrected chi connectivity index (χ3v) is 8.48. The van der Waals surface area contributed by atoms with E-state index in [0.717, 1.165) is 0 Å². The summed E-state index contributed by atoms with van der Waals surface area (Å²) in [7, 11) is -0.771. The Balaban J connectivity index is 2.06. The molecular formula is C27H38NSi. The van der Waals surface area contributed by atoms with E-state index in [1.165, 1.54) is 27.8 Å². The number of rotatable bonds is 4. The summed E-state index contributed by atoms with van der Waals surface area (Å²) in [5.41, 5.74) is 9.48. The van der Waals surface area contributed by atoms with Gasteiger partial charge in [0.1, 0.15) is 8.96 Å². The molecule has 0 aliphatic heterocycles. The molecule has 0 saturated heterocycles. The minimum atomic E-state index is -0.771. The second-order valence-corrected chi connectivity index (χ2v) is 13.1. The molecule has 0 heterocycles. The van der Waals surface area contributed by atoms with Crippen LogP contribution in [0.25, 0.3) is 17.2 Å². The summed E-state index contributed by atoms with van der Waals surface area (Å²) in [6, 6.07) is 16.1. The molecule has 0 saturated carbocycles. The number of nitrogens with one attached hydrogen (secondary N) is 1. The van der Waals surface area contributed by atoms with E-state index in [2.05, 4.69) is 115 Å². The summed E-state index contributed by atoms with van der Waals surface area (Å²) in [4.78, 5) is 3.93. The van der Waals surface area contributed by atoms with Gasteiger partial charge in [-0.3, -0.25) is 0 Å². The summed E-state index contributed by atoms with van der Waals surface area (Å²) in [6.07, 6.45) is 2.50. The maximum absolute atomic E-state index is 3.93. The van der Waals surface area contributed by atoms with Crippen LogP contribution in [0.2, 0.25) is 6.55 Å². The molecule has 155 valence electrons. The summed E-state index contributed by atoms with van der Waals surface area (Å²) < 4.78 is 0. The van der Waals surface area contributed by atoms with Gasteiger partial charge in [-0.2, -0.15) is 0 Å². The van der Waals surface area contributed by atoms with Crippen LogP contribution in [0.15, 0.2) is 48.0 Å². The predicted octanol–water partition coefficient (Wildman–Crippen LogP) is 7.34. The zero-order chi connectivity index (χ0) is 21.6. The van der Waals surface area contributed by atoms with Gasteiger partial charge >= 0.3 is 0 Å². The van der Waals surface area contributed by atoms with E-state index < -0.39 is 8.96 Å².